The van der Waals surface area contributed by atoms with E-state index in [1.54, 1.807) is 6.92 Å². The van der Waals surface area contributed by atoms with E-state index in [0.29, 0.717) is 16.8 Å². The summed E-state index contributed by atoms with van der Waals surface area (Å²) in [6, 6.07) is 2.64. The predicted octanol–water partition coefficient (Wildman–Crippen LogP) is 4.62. The van der Waals surface area contributed by atoms with Crippen LogP contribution in [0.15, 0.2) is 21.5 Å². The Morgan fingerprint density at radius 1 is 1.33 bits per heavy atom. The summed E-state index contributed by atoms with van der Waals surface area (Å²) in [5.74, 6) is -0.319. The number of carbonyl (C=O) groups is 1. The smallest absolute Gasteiger partial charge is 0.339 e. The summed E-state index contributed by atoms with van der Waals surface area (Å²) < 4.78 is 28.6. The van der Waals surface area contributed by atoms with E-state index in [9.17, 15) is 13.2 Å². The van der Waals surface area contributed by atoms with Crippen molar-refractivity contribution < 1.29 is 17.9 Å². The fourth-order valence-electron chi connectivity index (χ4n) is 1.85. The van der Waals surface area contributed by atoms with Crippen LogP contribution in [0.1, 0.15) is 37.6 Å². The molecule has 1 atom stereocenters. The Kier molecular flexibility index (Phi) is 6.53. The molecule has 118 valence electrons. The van der Waals surface area contributed by atoms with Crippen molar-refractivity contribution in [3.63, 3.8) is 0 Å². The van der Waals surface area contributed by atoms with Crippen LogP contribution >= 0.6 is 38.2 Å². The highest BCUT2D eigenvalue weighted by molar-refractivity contribution is 9.10. The molecule has 0 heterocycles. The second kappa shape index (κ2) is 7.31. The van der Waals surface area contributed by atoms with Crippen LogP contribution in [-0.4, -0.2) is 20.5 Å². The van der Waals surface area contributed by atoms with E-state index in [-0.39, 0.29) is 21.6 Å². The molecule has 0 saturated carbocycles. The molecule has 0 radical (unpaired) electrons. The summed E-state index contributed by atoms with van der Waals surface area (Å²) in [4.78, 5) is 11.8. The molecule has 4 nitrogen and oxygen atoms in total. The van der Waals surface area contributed by atoms with Crippen LogP contribution in [0.25, 0.3) is 0 Å². The summed E-state index contributed by atoms with van der Waals surface area (Å²) in [6.45, 7) is 5.78. The van der Waals surface area contributed by atoms with Crippen LogP contribution in [0, 0.1) is 5.92 Å². The van der Waals surface area contributed by atoms with Crippen LogP contribution in [0.4, 0.5) is 0 Å². The third kappa shape index (κ3) is 5.43. The second-order valence-corrected chi connectivity index (χ2v) is 8.88. The van der Waals surface area contributed by atoms with E-state index in [1.165, 1.54) is 12.1 Å². The van der Waals surface area contributed by atoms with Gasteiger partial charge in [-0.15, -0.1) is 0 Å². The van der Waals surface area contributed by atoms with Gasteiger partial charge in [0.05, 0.1) is 16.7 Å². The van der Waals surface area contributed by atoms with Gasteiger partial charge in [0.25, 0.3) is 9.05 Å². The fourth-order valence-corrected chi connectivity index (χ4v) is 4.02. The van der Waals surface area contributed by atoms with Crippen molar-refractivity contribution in [2.75, 3.05) is 0 Å². The number of ether oxygens (including phenoxy) is 1. The molecule has 1 aromatic carbocycles. The van der Waals surface area contributed by atoms with Gasteiger partial charge in [0.2, 0.25) is 0 Å². The monoisotopic (exact) mass is 416 g/mol. The van der Waals surface area contributed by atoms with Gasteiger partial charge in [-0.25, -0.2) is 13.2 Å². The van der Waals surface area contributed by atoms with Gasteiger partial charge in [0.15, 0.2) is 0 Å². The van der Waals surface area contributed by atoms with Gasteiger partial charge in [-0.2, -0.15) is 0 Å². The van der Waals surface area contributed by atoms with Gasteiger partial charge in [0.1, 0.15) is 4.90 Å². The zero-order valence-corrected chi connectivity index (χ0v) is 15.6. The van der Waals surface area contributed by atoms with E-state index >= 15 is 0 Å². The van der Waals surface area contributed by atoms with Crippen LogP contribution < -0.4 is 0 Å². The molecule has 0 fully saturated rings. The highest BCUT2D eigenvalue weighted by Crippen LogP contribution is 2.32. The first-order valence-corrected chi connectivity index (χ1v) is 9.65. The van der Waals surface area contributed by atoms with Crippen molar-refractivity contribution in [3.8, 4) is 0 Å². The predicted molar refractivity (Wildman–Crippen MR) is 86.5 cm³/mol. The van der Waals surface area contributed by atoms with Gasteiger partial charge in [-0.05, 0) is 31.4 Å². The Hall–Kier alpha value is -0.300. The minimum absolute atomic E-state index is 0.0409. The summed E-state index contributed by atoms with van der Waals surface area (Å²) in [5.41, 5.74) is -0.0409. The SMILES string of the molecule is CC(C)CC(C)OC(=O)c1cc(Br)cc(S(=O)(=O)Cl)c1Cl. The highest BCUT2D eigenvalue weighted by atomic mass is 79.9. The fraction of sp³-hybridized carbons (Fsp3) is 0.462. The van der Waals surface area contributed by atoms with E-state index < -0.39 is 15.0 Å². The minimum Gasteiger partial charge on any atom is -0.459 e. The Labute approximate surface area is 142 Å². The molecule has 0 amide bonds. The summed E-state index contributed by atoms with van der Waals surface area (Å²) in [5, 5.41) is -0.241. The van der Waals surface area contributed by atoms with Crippen LogP contribution in [0.5, 0.6) is 0 Å². The lowest BCUT2D eigenvalue weighted by Crippen LogP contribution is -2.17. The van der Waals surface area contributed by atoms with Gasteiger partial charge in [-0.3, -0.25) is 0 Å². The van der Waals surface area contributed by atoms with Crippen molar-refractivity contribution >= 4 is 53.2 Å². The van der Waals surface area contributed by atoms with Crippen molar-refractivity contribution in [1.29, 1.82) is 0 Å². The van der Waals surface area contributed by atoms with Gasteiger partial charge < -0.3 is 4.74 Å². The van der Waals surface area contributed by atoms with Crippen LogP contribution in [-0.2, 0) is 13.8 Å². The summed E-state index contributed by atoms with van der Waals surface area (Å²) in [6.07, 6.45) is 0.390. The first-order valence-electron chi connectivity index (χ1n) is 6.17. The molecule has 0 aliphatic heterocycles. The molecule has 1 rings (SSSR count). The zero-order chi connectivity index (χ0) is 16.4. The van der Waals surface area contributed by atoms with Gasteiger partial charge >= 0.3 is 5.97 Å². The maximum absolute atomic E-state index is 12.1. The molecule has 0 aliphatic rings. The molecule has 1 aromatic rings. The van der Waals surface area contributed by atoms with Crippen molar-refractivity contribution in [2.24, 2.45) is 5.92 Å². The van der Waals surface area contributed by atoms with E-state index in [1.807, 2.05) is 13.8 Å². The molecule has 1 unspecified atom stereocenters. The van der Waals surface area contributed by atoms with Crippen molar-refractivity contribution in [2.45, 2.75) is 38.2 Å². The van der Waals surface area contributed by atoms with Crippen molar-refractivity contribution in [3.05, 3.63) is 27.2 Å². The largest absolute Gasteiger partial charge is 0.459 e. The van der Waals surface area contributed by atoms with E-state index in [2.05, 4.69) is 15.9 Å². The number of hydrogen-bond donors (Lipinski definition) is 0. The number of rotatable bonds is 5. The second-order valence-electron chi connectivity index (χ2n) is 5.05. The molecule has 21 heavy (non-hydrogen) atoms. The first kappa shape index (κ1) is 18.7. The number of hydrogen-bond acceptors (Lipinski definition) is 4. The molecule has 0 saturated heterocycles. The average Bonchev–Trinajstić information content (AvgIpc) is 2.28. The average molecular weight is 418 g/mol. The standard InChI is InChI=1S/C13H15BrCl2O4S/c1-7(2)4-8(3)20-13(17)10-5-9(14)6-11(12(10)15)21(16,18)19/h5-8H,4H2,1-3H3. The Balaban J connectivity index is 3.14. The molecule has 0 bridgehead atoms. The van der Waals surface area contributed by atoms with Crippen LogP contribution in [0.3, 0.4) is 0 Å². The number of benzene rings is 1. The topological polar surface area (TPSA) is 60.4 Å². The number of carbonyl (C=O) groups excluding carboxylic acids is 1. The molecular weight excluding hydrogens is 403 g/mol. The van der Waals surface area contributed by atoms with Crippen LogP contribution in [0.2, 0.25) is 5.02 Å². The normalized spacial score (nSPS) is 13.3. The van der Waals surface area contributed by atoms with Gasteiger partial charge in [0, 0.05) is 15.2 Å². The highest BCUT2D eigenvalue weighted by Gasteiger charge is 2.24. The number of halogens is 3. The summed E-state index contributed by atoms with van der Waals surface area (Å²) >= 11 is 9.09. The maximum atomic E-state index is 12.1. The quantitative estimate of drug-likeness (QED) is 0.517. The number of esters is 1. The Morgan fingerprint density at radius 3 is 2.38 bits per heavy atom. The molecule has 0 aliphatic carbocycles. The molecule has 0 spiro atoms. The first-order chi connectivity index (χ1) is 9.52. The zero-order valence-electron chi connectivity index (χ0n) is 11.7. The molecule has 0 aromatic heterocycles. The van der Waals surface area contributed by atoms with Gasteiger partial charge in [-0.1, -0.05) is 41.4 Å². The maximum Gasteiger partial charge on any atom is 0.339 e. The van der Waals surface area contributed by atoms with Crippen molar-refractivity contribution in [1.82, 2.24) is 0 Å². The summed E-state index contributed by atoms with van der Waals surface area (Å²) in [7, 11) is 1.24. The lowest BCUT2D eigenvalue weighted by atomic mass is 10.1. The lowest BCUT2D eigenvalue weighted by molar-refractivity contribution is 0.0299. The third-order valence-electron chi connectivity index (χ3n) is 2.60. The third-order valence-corrected chi connectivity index (χ3v) is 4.92. The Morgan fingerprint density at radius 2 is 1.90 bits per heavy atom. The molecule has 0 N–H and O–H groups in total. The van der Waals surface area contributed by atoms with E-state index in [4.69, 9.17) is 27.0 Å². The lowest BCUT2D eigenvalue weighted by Gasteiger charge is -2.16. The minimum atomic E-state index is -4.06. The van der Waals surface area contributed by atoms with E-state index in [0.717, 1.165) is 0 Å². The molecule has 8 heteroatoms. The Bertz CT molecular complexity index is 644. The molecular formula is C13H15BrCl2O4S.